The van der Waals surface area contributed by atoms with Crippen molar-refractivity contribution in [3.8, 4) is 0 Å². The summed E-state index contributed by atoms with van der Waals surface area (Å²) in [5, 5.41) is 0. The first-order chi connectivity index (χ1) is 6.74. The maximum absolute atomic E-state index is 5.76. The molecule has 1 saturated carbocycles. The van der Waals surface area contributed by atoms with E-state index in [0.717, 1.165) is 6.54 Å². The second kappa shape index (κ2) is 3.74. The zero-order valence-electron chi connectivity index (χ0n) is 8.92. The summed E-state index contributed by atoms with van der Waals surface area (Å²) in [4.78, 5) is 0. The van der Waals surface area contributed by atoms with Crippen molar-refractivity contribution in [2.45, 2.75) is 32.6 Å². The van der Waals surface area contributed by atoms with Gasteiger partial charge in [0.25, 0.3) is 0 Å². The molecule has 1 aliphatic rings. The van der Waals surface area contributed by atoms with Gasteiger partial charge in [-0.25, -0.2) is 0 Å². The molecule has 2 rings (SSSR count). The summed E-state index contributed by atoms with van der Waals surface area (Å²) in [6, 6.07) is 8.80. The molecule has 0 saturated heterocycles. The van der Waals surface area contributed by atoms with E-state index in [1.54, 1.807) is 0 Å². The third-order valence-electron chi connectivity index (χ3n) is 3.42. The van der Waals surface area contributed by atoms with E-state index in [0.29, 0.717) is 5.41 Å². The van der Waals surface area contributed by atoms with E-state index in [-0.39, 0.29) is 0 Å². The average molecular weight is 189 g/mol. The maximum Gasteiger partial charge on any atom is -0.00204 e. The van der Waals surface area contributed by atoms with Crippen molar-refractivity contribution >= 4 is 0 Å². The first-order valence-corrected chi connectivity index (χ1v) is 5.50. The molecule has 0 atom stereocenters. The molecule has 1 aliphatic carbocycles. The lowest BCUT2D eigenvalue weighted by atomic mass is 9.96. The summed E-state index contributed by atoms with van der Waals surface area (Å²) in [6.07, 6.45) is 5.15. The normalized spacial score (nSPS) is 18.1. The largest absolute Gasteiger partial charge is 0.330 e. The minimum Gasteiger partial charge on any atom is -0.330 e. The van der Waals surface area contributed by atoms with E-state index in [1.165, 1.54) is 36.8 Å². The third-order valence-corrected chi connectivity index (χ3v) is 3.42. The molecule has 1 heteroatoms. The highest BCUT2D eigenvalue weighted by Gasteiger charge is 2.40. The average Bonchev–Trinajstić information content (AvgIpc) is 2.96. The van der Waals surface area contributed by atoms with Crippen LogP contribution in [0.4, 0.5) is 0 Å². The van der Waals surface area contributed by atoms with Gasteiger partial charge in [-0.05, 0) is 50.1 Å². The van der Waals surface area contributed by atoms with Crippen LogP contribution in [0.25, 0.3) is 0 Å². The zero-order valence-corrected chi connectivity index (χ0v) is 8.92. The van der Waals surface area contributed by atoms with Gasteiger partial charge in [-0.15, -0.1) is 0 Å². The van der Waals surface area contributed by atoms with Crippen LogP contribution in [-0.2, 0) is 6.42 Å². The van der Waals surface area contributed by atoms with Crippen LogP contribution in [0.2, 0.25) is 0 Å². The monoisotopic (exact) mass is 189 g/mol. The highest BCUT2D eigenvalue weighted by Crippen LogP contribution is 2.48. The number of nitrogens with two attached hydrogens (primary N) is 1. The smallest absolute Gasteiger partial charge is 0.00204 e. The summed E-state index contributed by atoms with van der Waals surface area (Å²) in [5.41, 5.74) is 9.10. The Morgan fingerprint density at radius 2 is 2.14 bits per heavy atom. The summed E-state index contributed by atoms with van der Waals surface area (Å²) >= 11 is 0. The van der Waals surface area contributed by atoms with Gasteiger partial charge in [0.2, 0.25) is 0 Å². The maximum atomic E-state index is 5.76. The van der Waals surface area contributed by atoms with Gasteiger partial charge in [-0.2, -0.15) is 0 Å². The van der Waals surface area contributed by atoms with Gasteiger partial charge in [0.15, 0.2) is 0 Å². The molecule has 0 bridgehead atoms. The number of benzene rings is 1. The van der Waals surface area contributed by atoms with E-state index < -0.39 is 0 Å². The van der Waals surface area contributed by atoms with Gasteiger partial charge >= 0.3 is 0 Å². The van der Waals surface area contributed by atoms with Crippen molar-refractivity contribution < 1.29 is 0 Å². The van der Waals surface area contributed by atoms with Gasteiger partial charge < -0.3 is 5.73 Å². The minimum atomic E-state index is 0.518. The molecule has 1 fully saturated rings. The van der Waals surface area contributed by atoms with E-state index in [2.05, 4.69) is 31.2 Å². The lowest BCUT2D eigenvalue weighted by Gasteiger charge is -2.11. The van der Waals surface area contributed by atoms with Gasteiger partial charge in [0, 0.05) is 0 Å². The summed E-state index contributed by atoms with van der Waals surface area (Å²) < 4.78 is 0. The van der Waals surface area contributed by atoms with Crippen molar-refractivity contribution in [2.24, 2.45) is 11.1 Å². The summed E-state index contributed by atoms with van der Waals surface area (Å²) in [6.45, 7) is 3.03. The molecule has 0 radical (unpaired) electrons. The third kappa shape index (κ3) is 2.16. The predicted molar refractivity (Wildman–Crippen MR) is 60.2 cm³/mol. The van der Waals surface area contributed by atoms with Crippen LogP contribution in [0.1, 0.15) is 30.4 Å². The quantitative estimate of drug-likeness (QED) is 0.774. The van der Waals surface area contributed by atoms with Crippen LogP contribution in [0.15, 0.2) is 24.3 Å². The van der Waals surface area contributed by atoms with E-state index >= 15 is 0 Å². The van der Waals surface area contributed by atoms with Crippen LogP contribution in [0.5, 0.6) is 0 Å². The highest BCUT2D eigenvalue weighted by atomic mass is 14.6. The Bertz CT molecular complexity index is 313. The molecule has 76 valence electrons. The standard InChI is InChI=1S/C13H19N/c1-11-3-2-4-12(9-11)5-6-13(10-14)7-8-13/h2-4,9H,5-8,10,14H2,1H3. The Labute approximate surface area is 86.3 Å². The SMILES string of the molecule is Cc1cccc(CCC2(CN)CC2)c1. The fourth-order valence-electron chi connectivity index (χ4n) is 2.01. The second-order valence-electron chi connectivity index (χ2n) is 4.69. The van der Waals surface area contributed by atoms with Crippen molar-refractivity contribution in [3.63, 3.8) is 0 Å². The lowest BCUT2D eigenvalue weighted by molar-refractivity contribution is 0.479. The molecule has 2 N–H and O–H groups in total. The Balaban J connectivity index is 1.92. The van der Waals surface area contributed by atoms with Crippen molar-refractivity contribution in [3.05, 3.63) is 35.4 Å². The number of aryl methyl sites for hydroxylation is 2. The molecule has 1 aromatic rings. The van der Waals surface area contributed by atoms with Crippen LogP contribution >= 0.6 is 0 Å². The number of hydrogen-bond donors (Lipinski definition) is 1. The van der Waals surface area contributed by atoms with Gasteiger partial charge in [0.1, 0.15) is 0 Å². The lowest BCUT2D eigenvalue weighted by Crippen LogP contribution is -2.15. The van der Waals surface area contributed by atoms with Crippen molar-refractivity contribution in [1.82, 2.24) is 0 Å². The molecule has 1 nitrogen and oxygen atoms in total. The Morgan fingerprint density at radius 3 is 2.71 bits per heavy atom. The molecular weight excluding hydrogens is 170 g/mol. The van der Waals surface area contributed by atoms with Gasteiger partial charge in [-0.3, -0.25) is 0 Å². The Hall–Kier alpha value is -0.820. The molecule has 0 amide bonds. The molecule has 0 spiro atoms. The van der Waals surface area contributed by atoms with Crippen molar-refractivity contribution in [1.29, 1.82) is 0 Å². The first-order valence-electron chi connectivity index (χ1n) is 5.50. The molecule has 0 aromatic heterocycles. The van der Waals surface area contributed by atoms with Gasteiger partial charge in [-0.1, -0.05) is 29.8 Å². The molecule has 0 unspecified atom stereocenters. The Kier molecular flexibility index (Phi) is 2.60. The zero-order chi connectivity index (χ0) is 10.0. The molecule has 0 aliphatic heterocycles. The second-order valence-corrected chi connectivity index (χ2v) is 4.69. The highest BCUT2D eigenvalue weighted by molar-refractivity contribution is 5.22. The topological polar surface area (TPSA) is 26.0 Å². The van der Waals surface area contributed by atoms with E-state index in [1.807, 2.05) is 0 Å². The molecule has 14 heavy (non-hydrogen) atoms. The fraction of sp³-hybridized carbons (Fsp3) is 0.538. The fourth-order valence-corrected chi connectivity index (χ4v) is 2.01. The first kappa shape index (κ1) is 9.72. The van der Waals surface area contributed by atoms with E-state index in [4.69, 9.17) is 5.73 Å². The minimum absolute atomic E-state index is 0.518. The van der Waals surface area contributed by atoms with Crippen molar-refractivity contribution in [2.75, 3.05) is 6.54 Å². The van der Waals surface area contributed by atoms with E-state index in [9.17, 15) is 0 Å². The van der Waals surface area contributed by atoms with Crippen LogP contribution in [0, 0.1) is 12.3 Å². The number of rotatable bonds is 4. The summed E-state index contributed by atoms with van der Waals surface area (Å²) in [7, 11) is 0. The van der Waals surface area contributed by atoms with Crippen LogP contribution in [0.3, 0.4) is 0 Å². The van der Waals surface area contributed by atoms with Crippen LogP contribution in [-0.4, -0.2) is 6.54 Å². The van der Waals surface area contributed by atoms with Gasteiger partial charge in [0.05, 0.1) is 0 Å². The number of hydrogen-bond acceptors (Lipinski definition) is 1. The molecular formula is C13H19N. The Morgan fingerprint density at radius 1 is 1.36 bits per heavy atom. The predicted octanol–water partition coefficient (Wildman–Crippen LogP) is 2.67. The molecule has 0 heterocycles. The van der Waals surface area contributed by atoms with Crippen LogP contribution < -0.4 is 5.73 Å². The molecule has 1 aromatic carbocycles. The summed E-state index contributed by atoms with van der Waals surface area (Å²) in [5.74, 6) is 0.